The second kappa shape index (κ2) is 4.92. The molecule has 1 aliphatic carbocycles. The van der Waals surface area contributed by atoms with E-state index in [-0.39, 0.29) is 0 Å². The van der Waals surface area contributed by atoms with Gasteiger partial charge in [-0.2, -0.15) is 0 Å². The largest absolute Gasteiger partial charge is 0.468 e. The lowest BCUT2D eigenvalue weighted by molar-refractivity contribution is -0.130. The van der Waals surface area contributed by atoms with Gasteiger partial charge >= 0.3 is 0 Å². The van der Waals surface area contributed by atoms with Crippen LogP contribution >= 0.6 is 0 Å². The molecule has 3 atom stereocenters. The highest BCUT2D eigenvalue weighted by Crippen LogP contribution is 2.54. The van der Waals surface area contributed by atoms with Gasteiger partial charge in [0, 0.05) is 32.6 Å². The third kappa shape index (κ3) is 2.26. The highest BCUT2D eigenvalue weighted by atomic mass is 16.3. The number of furan rings is 1. The van der Waals surface area contributed by atoms with Crippen LogP contribution in [0.1, 0.15) is 25.0 Å². The van der Waals surface area contributed by atoms with Crippen molar-refractivity contribution in [2.24, 2.45) is 17.8 Å². The van der Waals surface area contributed by atoms with Gasteiger partial charge in [0.1, 0.15) is 5.76 Å². The van der Waals surface area contributed by atoms with Crippen molar-refractivity contribution in [1.82, 2.24) is 9.80 Å². The molecule has 2 saturated heterocycles. The van der Waals surface area contributed by atoms with Gasteiger partial charge in [0.05, 0.1) is 12.8 Å². The van der Waals surface area contributed by atoms with Crippen LogP contribution in [-0.2, 0) is 11.3 Å². The topological polar surface area (TPSA) is 36.7 Å². The Labute approximate surface area is 119 Å². The second-order valence-corrected chi connectivity index (χ2v) is 6.56. The molecule has 0 aromatic carbocycles. The third-order valence-corrected chi connectivity index (χ3v) is 5.28. The zero-order chi connectivity index (χ0) is 13.5. The maximum atomic E-state index is 12.2. The van der Waals surface area contributed by atoms with Crippen molar-refractivity contribution in [3.8, 4) is 0 Å². The molecule has 2 aliphatic heterocycles. The minimum absolute atomic E-state index is 0.402. The maximum absolute atomic E-state index is 12.2. The standard InChI is InChI=1S/C16H22N2O2/c19-16(18-5-1-2-6-18)8-13-14-10-17(11-15(13)14)9-12-4-3-7-20-12/h3-4,7,13-15H,1-2,5-6,8-11H2/t13?,14-,15+. The van der Waals surface area contributed by atoms with E-state index < -0.39 is 0 Å². The normalized spacial score (nSPS) is 32.6. The van der Waals surface area contributed by atoms with Gasteiger partial charge in [-0.1, -0.05) is 0 Å². The van der Waals surface area contributed by atoms with E-state index in [0.717, 1.165) is 56.7 Å². The van der Waals surface area contributed by atoms with Gasteiger partial charge in [0.2, 0.25) is 5.91 Å². The number of hydrogen-bond acceptors (Lipinski definition) is 3. The summed E-state index contributed by atoms with van der Waals surface area (Å²) in [6.07, 6.45) is 4.92. The van der Waals surface area contributed by atoms with Gasteiger partial charge in [-0.05, 0) is 42.7 Å². The van der Waals surface area contributed by atoms with Crippen LogP contribution in [0.4, 0.5) is 0 Å². The predicted molar refractivity (Wildman–Crippen MR) is 74.9 cm³/mol. The fourth-order valence-corrected chi connectivity index (χ4v) is 4.09. The molecule has 0 bridgehead atoms. The molecule has 3 aliphatic rings. The SMILES string of the molecule is O=C(CC1[C@H]2CN(Cc3ccco3)C[C@@H]12)N1CCCC1. The maximum Gasteiger partial charge on any atom is 0.222 e. The predicted octanol–water partition coefficient (Wildman–Crippen LogP) is 1.97. The van der Waals surface area contributed by atoms with E-state index in [2.05, 4.69) is 9.80 Å². The van der Waals surface area contributed by atoms with Crippen LogP contribution in [0.5, 0.6) is 0 Å². The Morgan fingerprint density at radius 2 is 2.00 bits per heavy atom. The molecule has 0 N–H and O–H groups in total. The van der Waals surface area contributed by atoms with Crippen LogP contribution in [0.3, 0.4) is 0 Å². The summed E-state index contributed by atoms with van der Waals surface area (Å²) in [5.74, 6) is 3.64. The van der Waals surface area contributed by atoms with Gasteiger partial charge in [0.25, 0.3) is 0 Å². The summed E-state index contributed by atoms with van der Waals surface area (Å²) in [5.41, 5.74) is 0. The van der Waals surface area contributed by atoms with Crippen LogP contribution in [0.25, 0.3) is 0 Å². The number of hydrogen-bond donors (Lipinski definition) is 0. The van der Waals surface area contributed by atoms with E-state index in [0.29, 0.717) is 11.8 Å². The first-order chi connectivity index (χ1) is 9.81. The van der Waals surface area contributed by atoms with Crippen molar-refractivity contribution in [3.63, 3.8) is 0 Å². The monoisotopic (exact) mass is 274 g/mol. The van der Waals surface area contributed by atoms with Crippen molar-refractivity contribution in [2.75, 3.05) is 26.2 Å². The summed E-state index contributed by atoms with van der Waals surface area (Å²) in [5, 5.41) is 0. The molecule has 4 nitrogen and oxygen atoms in total. The van der Waals surface area contributed by atoms with Gasteiger partial charge in [-0.25, -0.2) is 0 Å². The molecular formula is C16H22N2O2. The zero-order valence-electron chi connectivity index (χ0n) is 11.8. The number of amides is 1. The molecule has 3 fully saturated rings. The Hall–Kier alpha value is -1.29. The molecule has 0 radical (unpaired) electrons. The Balaban J connectivity index is 1.25. The summed E-state index contributed by atoms with van der Waals surface area (Å²) in [6.45, 7) is 5.19. The van der Waals surface area contributed by atoms with Crippen LogP contribution in [0.15, 0.2) is 22.8 Å². The Kier molecular flexibility index (Phi) is 3.06. The van der Waals surface area contributed by atoms with Gasteiger partial charge < -0.3 is 9.32 Å². The molecule has 4 heteroatoms. The molecule has 4 rings (SSSR count). The molecule has 3 heterocycles. The van der Waals surface area contributed by atoms with Crippen LogP contribution in [0, 0.1) is 17.8 Å². The average Bonchev–Trinajstić information content (AvgIpc) is 3.03. The number of carbonyl (C=O) groups is 1. The number of carbonyl (C=O) groups excluding carboxylic acids is 1. The van der Waals surface area contributed by atoms with Crippen LogP contribution in [0.2, 0.25) is 0 Å². The number of likely N-dealkylation sites (tertiary alicyclic amines) is 2. The number of rotatable bonds is 4. The van der Waals surface area contributed by atoms with E-state index in [1.165, 1.54) is 12.8 Å². The van der Waals surface area contributed by atoms with Crippen LogP contribution < -0.4 is 0 Å². The summed E-state index contributed by atoms with van der Waals surface area (Å²) in [6, 6.07) is 3.99. The van der Waals surface area contributed by atoms with E-state index in [4.69, 9.17) is 4.42 Å². The highest BCUT2D eigenvalue weighted by molar-refractivity contribution is 5.77. The van der Waals surface area contributed by atoms with E-state index in [1.807, 2.05) is 12.1 Å². The lowest BCUT2D eigenvalue weighted by Gasteiger charge is -2.19. The van der Waals surface area contributed by atoms with Crippen LogP contribution in [-0.4, -0.2) is 41.9 Å². The number of fused-ring (bicyclic) bond motifs is 1. The lowest BCUT2D eigenvalue weighted by Crippen LogP contribution is -2.30. The molecule has 1 aromatic rings. The molecule has 20 heavy (non-hydrogen) atoms. The molecule has 1 aromatic heterocycles. The minimum Gasteiger partial charge on any atom is -0.468 e. The third-order valence-electron chi connectivity index (χ3n) is 5.28. The van der Waals surface area contributed by atoms with Gasteiger partial charge in [-0.15, -0.1) is 0 Å². The van der Waals surface area contributed by atoms with Crippen molar-refractivity contribution in [3.05, 3.63) is 24.2 Å². The van der Waals surface area contributed by atoms with E-state index in [9.17, 15) is 4.79 Å². The summed E-state index contributed by atoms with van der Waals surface area (Å²) >= 11 is 0. The average molecular weight is 274 g/mol. The Morgan fingerprint density at radius 1 is 1.25 bits per heavy atom. The molecule has 0 spiro atoms. The molecule has 1 amide bonds. The fourth-order valence-electron chi connectivity index (χ4n) is 4.09. The number of piperidine rings is 1. The van der Waals surface area contributed by atoms with Crippen molar-refractivity contribution in [2.45, 2.75) is 25.8 Å². The first-order valence-corrected chi connectivity index (χ1v) is 7.84. The van der Waals surface area contributed by atoms with Crippen molar-refractivity contribution in [1.29, 1.82) is 0 Å². The molecular weight excluding hydrogens is 252 g/mol. The summed E-state index contributed by atoms with van der Waals surface area (Å²) < 4.78 is 5.40. The summed E-state index contributed by atoms with van der Waals surface area (Å²) in [4.78, 5) is 16.7. The summed E-state index contributed by atoms with van der Waals surface area (Å²) in [7, 11) is 0. The smallest absolute Gasteiger partial charge is 0.222 e. The van der Waals surface area contributed by atoms with E-state index in [1.54, 1.807) is 6.26 Å². The first-order valence-electron chi connectivity index (χ1n) is 7.84. The lowest BCUT2D eigenvalue weighted by atomic mass is 10.1. The van der Waals surface area contributed by atoms with Gasteiger partial charge in [-0.3, -0.25) is 9.69 Å². The van der Waals surface area contributed by atoms with Gasteiger partial charge in [0.15, 0.2) is 0 Å². The number of nitrogens with zero attached hydrogens (tertiary/aromatic N) is 2. The van der Waals surface area contributed by atoms with Crippen molar-refractivity contribution < 1.29 is 9.21 Å². The minimum atomic E-state index is 0.402. The molecule has 108 valence electrons. The fraction of sp³-hybridized carbons (Fsp3) is 0.688. The zero-order valence-corrected chi connectivity index (χ0v) is 11.8. The van der Waals surface area contributed by atoms with Crippen molar-refractivity contribution >= 4 is 5.91 Å². The Bertz CT molecular complexity index is 467. The highest BCUT2D eigenvalue weighted by Gasteiger charge is 2.56. The van der Waals surface area contributed by atoms with E-state index >= 15 is 0 Å². The molecule has 1 saturated carbocycles. The first kappa shape index (κ1) is 12.5. The second-order valence-electron chi connectivity index (χ2n) is 6.56. The Morgan fingerprint density at radius 3 is 2.65 bits per heavy atom. The molecule has 1 unspecified atom stereocenters. The quantitative estimate of drug-likeness (QED) is 0.842.